The molecule has 1 fully saturated rings. The van der Waals surface area contributed by atoms with Crippen LogP contribution in [0.2, 0.25) is 0 Å². The fourth-order valence-electron chi connectivity index (χ4n) is 3.88. The summed E-state index contributed by atoms with van der Waals surface area (Å²) in [6.45, 7) is 2.98. The van der Waals surface area contributed by atoms with Crippen molar-refractivity contribution in [3.05, 3.63) is 29.8 Å². The maximum Gasteiger partial charge on any atom is 0.191 e. The van der Waals surface area contributed by atoms with Crippen LogP contribution in [0, 0.1) is 0 Å². The van der Waals surface area contributed by atoms with E-state index in [0.717, 1.165) is 37.1 Å². The number of para-hydroxylation sites is 1. The molecule has 1 aliphatic carbocycles. The van der Waals surface area contributed by atoms with Crippen LogP contribution in [0.15, 0.2) is 29.3 Å². The first-order valence-electron chi connectivity index (χ1n) is 9.41. The third-order valence-electron chi connectivity index (χ3n) is 5.10. The van der Waals surface area contributed by atoms with Crippen LogP contribution in [-0.4, -0.2) is 45.1 Å². The fraction of sp³-hybridized carbons (Fsp3) is 0.632. The third kappa shape index (κ3) is 5.97. The van der Waals surface area contributed by atoms with E-state index in [0.29, 0.717) is 5.96 Å². The minimum absolute atomic E-state index is 0. The summed E-state index contributed by atoms with van der Waals surface area (Å²) in [4.78, 5) is 4.46. The average molecular weight is 507 g/mol. The van der Waals surface area contributed by atoms with Crippen LogP contribution < -0.4 is 15.4 Å². The first-order valence-corrected chi connectivity index (χ1v) is 11.5. The van der Waals surface area contributed by atoms with Gasteiger partial charge < -0.3 is 15.4 Å². The molecule has 1 saturated carbocycles. The Morgan fingerprint density at radius 3 is 2.67 bits per heavy atom. The molecule has 1 unspecified atom stereocenters. The van der Waals surface area contributed by atoms with Gasteiger partial charge in [0.1, 0.15) is 21.2 Å². The predicted octanol–water partition coefficient (Wildman–Crippen LogP) is 3.04. The molecule has 0 saturated heterocycles. The molecule has 1 aliphatic heterocycles. The van der Waals surface area contributed by atoms with Crippen molar-refractivity contribution in [2.75, 3.05) is 25.1 Å². The number of hydrogen-bond donors (Lipinski definition) is 2. The van der Waals surface area contributed by atoms with E-state index in [4.69, 9.17) is 4.74 Å². The number of benzene rings is 1. The molecule has 1 spiro atoms. The summed E-state index contributed by atoms with van der Waals surface area (Å²) in [5.41, 5.74) is 1.05. The second-order valence-corrected chi connectivity index (χ2v) is 9.58. The van der Waals surface area contributed by atoms with E-state index in [1.54, 1.807) is 0 Å². The normalized spacial score (nSPS) is 21.1. The number of aliphatic imine (C=N–C) groups is 1. The molecule has 2 N–H and O–H groups in total. The highest BCUT2D eigenvalue weighted by Gasteiger charge is 2.43. The summed E-state index contributed by atoms with van der Waals surface area (Å²) in [7, 11) is -3.02. The summed E-state index contributed by atoms with van der Waals surface area (Å²) in [5.74, 6) is 1.66. The zero-order chi connectivity index (χ0) is 18.6. The number of halogens is 1. The van der Waals surface area contributed by atoms with E-state index in [1.165, 1.54) is 19.1 Å². The number of rotatable bonds is 5. The summed E-state index contributed by atoms with van der Waals surface area (Å²) in [5, 5.41) is 6.74. The molecule has 1 aromatic carbocycles. The van der Waals surface area contributed by atoms with Crippen molar-refractivity contribution in [1.29, 1.82) is 0 Å². The quantitative estimate of drug-likeness (QED) is 0.364. The monoisotopic (exact) mass is 507 g/mol. The molecule has 0 aromatic heterocycles. The van der Waals surface area contributed by atoms with Gasteiger partial charge in [-0.05, 0) is 38.7 Å². The Morgan fingerprint density at radius 2 is 2.00 bits per heavy atom. The number of sulfone groups is 1. The van der Waals surface area contributed by atoms with Gasteiger partial charge in [0, 0.05) is 24.8 Å². The first-order chi connectivity index (χ1) is 12.4. The van der Waals surface area contributed by atoms with Gasteiger partial charge in [-0.15, -0.1) is 24.0 Å². The first kappa shape index (κ1) is 22.3. The predicted molar refractivity (Wildman–Crippen MR) is 120 cm³/mol. The molecule has 1 heterocycles. The number of fused-ring (bicyclic) bond motifs is 1. The highest BCUT2D eigenvalue weighted by molar-refractivity contribution is 14.0. The SMILES string of the molecule is CCNC(=NCCS(C)(=O)=O)NC1CC2(CCCC2)Oc2ccccc21.I. The van der Waals surface area contributed by atoms with Gasteiger partial charge in [-0.2, -0.15) is 0 Å². The minimum Gasteiger partial charge on any atom is -0.487 e. The highest BCUT2D eigenvalue weighted by atomic mass is 127. The van der Waals surface area contributed by atoms with Gasteiger partial charge in [0.25, 0.3) is 0 Å². The average Bonchev–Trinajstić information content (AvgIpc) is 3.01. The zero-order valence-electron chi connectivity index (χ0n) is 16.0. The van der Waals surface area contributed by atoms with Crippen molar-refractivity contribution in [2.45, 2.75) is 50.7 Å². The van der Waals surface area contributed by atoms with Gasteiger partial charge in [-0.25, -0.2) is 8.42 Å². The lowest BCUT2D eigenvalue weighted by Crippen LogP contribution is -2.46. The number of ether oxygens (including phenoxy) is 1. The molecule has 2 aliphatic rings. The van der Waals surface area contributed by atoms with E-state index in [1.807, 2.05) is 25.1 Å². The Hall–Kier alpha value is -1.03. The molecule has 0 amide bonds. The summed E-state index contributed by atoms with van der Waals surface area (Å²) in [6, 6.07) is 8.27. The molecule has 0 radical (unpaired) electrons. The second kappa shape index (κ2) is 9.45. The van der Waals surface area contributed by atoms with Crippen molar-refractivity contribution in [1.82, 2.24) is 10.6 Å². The Kier molecular flexibility index (Phi) is 7.79. The van der Waals surface area contributed by atoms with E-state index in [-0.39, 0.29) is 47.9 Å². The van der Waals surface area contributed by atoms with Gasteiger partial charge in [0.2, 0.25) is 0 Å². The van der Waals surface area contributed by atoms with Crippen LogP contribution in [0.4, 0.5) is 0 Å². The van der Waals surface area contributed by atoms with Crippen LogP contribution in [0.1, 0.15) is 50.6 Å². The van der Waals surface area contributed by atoms with Crippen LogP contribution in [0.3, 0.4) is 0 Å². The lowest BCUT2D eigenvalue weighted by Gasteiger charge is -2.40. The van der Waals surface area contributed by atoms with Crippen LogP contribution in [0.5, 0.6) is 5.75 Å². The molecule has 27 heavy (non-hydrogen) atoms. The van der Waals surface area contributed by atoms with Gasteiger partial charge in [-0.1, -0.05) is 18.2 Å². The maximum atomic E-state index is 11.4. The lowest BCUT2D eigenvalue weighted by molar-refractivity contribution is 0.0396. The van der Waals surface area contributed by atoms with E-state index in [2.05, 4.69) is 21.7 Å². The Labute approximate surface area is 179 Å². The minimum atomic E-state index is -3.02. The Bertz CT molecular complexity index is 761. The fourth-order valence-corrected chi connectivity index (χ4v) is 4.30. The lowest BCUT2D eigenvalue weighted by atomic mass is 9.86. The molecule has 6 nitrogen and oxygen atoms in total. The van der Waals surface area contributed by atoms with Gasteiger partial charge in [-0.3, -0.25) is 4.99 Å². The van der Waals surface area contributed by atoms with Gasteiger partial charge in [0.15, 0.2) is 5.96 Å². The smallest absolute Gasteiger partial charge is 0.191 e. The van der Waals surface area contributed by atoms with Crippen LogP contribution in [-0.2, 0) is 9.84 Å². The number of nitrogens with one attached hydrogen (secondary N) is 2. The molecule has 1 aromatic rings. The molecule has 3 rings (SSSR count). The number of guanidine groups is 1. The van der Waals surface area contributed by atoms with Crippen molar-refractivity contribution >= 4 is 39.8 Å². The molecular weight excluding hydrogens is 477 g/mol. The van der Waals surface area contributed by atoms with Crippen LogP contribution in [0.25, 0.3) is 0 Å². The second-order valence-electron chi connectivity index (χ2n) is 7.32. The Morgan fingerprint density at radius 1 is 1.30 bits per heavy atom. The molecule has 1 atom stereocenters. The standard InChI is InChI=1S/C19H29N3O3S.HI/c1-3-20-18(21-12-13-26(2,23)24)22-16-14-19(10-6-7-11-19)25-17-9-5-4-8-15(16)17;/h4-5,8-9,16H,3,6-7,10-14H2,1-2H3,(H2,20,21,22);1H. The summed E-state index contributed by atoms with van der Waals surface area (Å²) < 4.78 is 29.1. The number of nitrogens with zero attached hydrogens (tertiary/aromatic N) is 1. The van der Waals surface area contributed by atoms with E-state index in [9.17, 15) is 8.42 Å². The molecule has 8 heteroatoms. The largest absolute Gasteiger partial charge is 0.487 e. The maximum absolute atomic E-state index is 11.4. The summed E-state index contributed by atoms with van der Waals surface area (Å²) >= 11 is 0. The van der Waals surface area contributed by atoms with E-state index < -0.39 is 9.84 Å². The molecule has 152 valence electrons. The van der Waals surface area contributed by atoms with Crippen molar-refractivity contribution in [3.63, 3.8) is 0 Å². The summed E-state index contributed by atoms with van der Waals surface area (Å²) in [6.07, 6.45) is 6.72. The molecule has 0 bridgehead atoms. The third-order valence-corrected chi connectivity index (χ3v) is 6.02. The number of hydrogen-bond acceptors (Lipinski definition) is 4. The highest BCUT2D eigenvalue weighted by Crippen LogP contribution is 2.46. The van der Waals surface area contributed by atoms with Gasteiger partial charge in [0.05, 0.1) is 18.3 Å². The molecular formula is C19H30IN3O3S. The zero-order valence-corrected chi connectivity index (χ0v) is 19.2. The topological polar surface area (TPSA) is 79.8 Å². The van der Waals surface area contributed by atoms with Crippen LogP contribution >= 0.6 is 24.0 Å². The van der Waals surface area contributed by atoms with Crippen molar-refractivity contribution < 1.29 is 13.2 Å². The van der Waals surface area contributed by atoms with Crippen molar-refractivity contribution in [2.24, 2.45) is 4.99 Å². The van der Waals surface area contributed by atoms with Crippen molar-refractivity contribution in [3.8, 4) is 5.75 Å². The van der Waals surface area contributed by atoms with E-state index >= 15 is 0 Å². The van der Waals surface area contributed by atoms with Gasteiger partial charge >= 0.3 is 0 Å². The Balaban J connectivity index is 0.00000261.